The zero-order valence-electron chi connectivity index (χ0n) is 17.3. The molecule has 1 heterocycles. The maximum Gasteiger partial charge on any atom is 0.409 e. The average molecular weight is 380 g/mol. The summed E-state index contributed by atoms with van der Waals surface area (Å²) in [4.78, 5) is 28.6. The maximum atomic E-state index is 12.5. The van der Waals surface area contributed by atoms with Crippen LogP contribution in [0.15, 0.2) is 0 Å². The van der Waals surface area contributed by atoms with Gasteiger partial charge in [-0.3, -0.25) is 9.69 Å². The van der Waals surface area contributed by atoms with Crippen LogP contribution < -0.4 is 5.32 Å². The fraction of sp³-hybridized carbons (Fsp3) is 0.905. The summed E-state index contributed by atoms with van der Waals surface area (Å²) in [5.41, 5.74) is 0. The van der Waals surface area contributed by atoms with E-state index in [-0.39, 0.29) is 18.0 Å². The Kier molecular flexibility index (Phi) is 7.01. The van der Waals surface area contributed by atoms with E-state index in [4.69, 9.17) is 4.74 Å². The Morgan fingerprint density at radius 2 is 1.89 bits per heavy atom. The van der Waals surface area contributed by atoms with Crippen molar-refractivity contribution in [1.82, 2.24) is 15.1 Å². The lowest BCUT2D eigenvalue weighted by molar-refractivity contribution is -0.123. The first-order valence-corrected chi connectivity index (χ1v) is 10.9. The highest BCUT2D eigenvalue weighted by molar-refractivity contribution is 5.78. The van der Waals surface area contributed by atoms with Crippen LogP contribution in [0.3, 0.4) is 0 Å². The predicted molar refractivity (Wildman–Crippen MR) is 105 cm³/mol. The van der Waals surface area contributed by atoms with Crippen LogP contribution in [0.2, 0.25) is 0 Å². The smallest absolute Gasteiger partial charge is 0.409 e. The molecule has 3 fully saturated rings. The third-order valence-electron chi connectivity index (χ3n) is 6.58. The standard InChI is InChI=1S/C21H37N3O3/c1-15(2)14-27-21(26)24-8-4-7-23(9-10-24)13-20(25)22-16(3)19-12-17-5-6-18(19)11-17/h15-19H,4-14H2,1-3H3,(H,22,25). The van der Waals surface area contributed by atoms with Gasteiger partial charge in [-0.15, -0.1) is 0 Å². The lowest BCUT2D eigenvalue weighted by Gasteiger charge is -2.29. The molecule has 0 aromatic heterocycles. The molecule has 6 heteroatoms. The molecule has 3 aliphatic rings. The Morgan fingerprint density at radius 3 is 2.56 bits per heavy atom. The van der Waals surface area contributed by atoms with E-state index in [1.54, 1.807) is 4.90 Å². The normalized spacial score (nSPS) is 29.6. The van der Waals surface area contributed by atoms with Crippen molar-refractivity contribution < 1.29 is 14.3 Å². The monoisotopic (exact) mass is 379 g/mol. The van der Waals surface area contributed by atoms with E-state index >= 15 is 0 Å². The topological polar surface area (TPSA) is 61.9 Å². The van der Waals surface area contributed by atoms with Gasteiger partial charge < -0.3 is 15.0 Å². The van der Waals surface area contributed by atoms with Crippen molar-refractivity contribution >= 4 is 12.0 Å². The van der Waals surface area contributed by atoms with Gasteiger partial charge in [0, 0.05) is 32.2 Å². The summed E-state index contributed by atoms with van der Waals surface area (Å²) in [7, 11) is 0. The highest BCUT2D eigenvalue weighted by Crippen LogP contribution is 2.49. The van der Waals surface area contributed by atoms with E-state index < -0.39 is 0 Å². The van der Waals surface area contributed by atoms with Crippen LogP contribution in [0.4, 0.5) is 4.79 Å². The summed E-state index contributed by atoms with van der Waals surface area (Å²) in [6.07, 6.45) is 6.07. The van der Waals surface area contributed by atoms with Crippen LogP contribution in [0, 0.1) is 23.7 Å². The number of fused-ring (bicyclic) bond motifs is 2. The van der Waals surface area contributed by atoms with Gasteiger partial charge in [-0.1, -0.05) is 20.3 Å². The van der Waals surface area contributed by atoms with Gasteiger partial charge in [-0.25, -0.2) is 4.79 Å². The van der Waals surface area contributed by atoms with E-state index in [1.807, 2.05) is 13.8 Å². The van der Waals surface area contributed by atoms with Crippen LogP contribution >= 0.6 is 0 Å². The average Bonchev–Trinajstić information content (AvgIpc) is 3.18. The molecule has 1 saturated heterocycles. The summed E-state index contributed by atoms with van der Waals surface area (Å²) in [6.45, 7) is 10.1. The second-order valence-electron chi connectivity index (χ2n) is 9.28. The molecule has 0 spiro atoms. The number of ether oxygens (including phenoxy) is 1. The van der Waals surface area contributed by atoms with E-state index in [2.05, 4.69) is 17.1 Å². The number of carbonyl (C=O) groups excluding carboxylic acids is 2. The molecule has 2 aliphatic carbocycles. The van der Waals surface area contributed by atoms with Crippen molar-refractivity contribution in [3.05, 3.63) is 0 Å². The van der Waals surface area contributed by atoms with Gasteiger partial charge in [0.1, 0.15) is 0 Å². The molecule has 154 valence electrons. The summed E-state index contributed by atoms with van der Waals surface area (Å²) < 4.78 is 5.34. The lowest BCUT2D eigenvalue weighted by atomic mass is 9.84. The fourth-order valence-corrected chi connectivity index (χ4v) is 5.16. The largest absolute Gasteiger partial charge is 0.449 e. The molecule has 2 saturated carbocycles. The van der Waals surface area contributed by atoms with Gasteiger partial charge in [-0.2, -0.15) is 0 Å². The number of hydrogen-bond acceptors (Lipinski definition) is 4. The van der Waals surface area contributed by atoms with Gasteiger partial charge in [-0.05, 0) is 56.3 Å². The third-order valence-corrected chi connectivity index (χ3v) is 6.58. The SMILES string of the molecule is CC(C)COC(=O)N1CCCN(CC(=O)NC(C)C2CC3CCC2C3)CC1. The molecule has 3 rings (SSSR count). The maximum absolute atomic E-state index is 12.5. The fourth-order valence-electron chi connectivity index (χ4n) is 5.16. The number of carbonyl (C=O) groups is 2. The first-order valence-electron chi connectivity index (χ1n) is 10.9. The Hall–Kier alpha value is -1.30. The number of rotatable bonds is 6. The molecule has 27 heavy (non-hydrogen) atoms. The summed E-state index contributed by atoms with van der Waals surface area (Å²) in [5, 5.41) is 3.26. The summed E-state index contributed by atoms with van der Waals surface area (Å²) in [6, 6.07) is 0.280. The number of amides is 2. The molecule has 2 bridgehead atoms. The van der Waals surface area contributed by atoms with Crippen LogP contribution in [-0.4, -0.2) is 67.2 Å². The van der Waals surface area contributed by atoms with E-state index in [0.29, 0.717) is 38.1 Å². The molecular weight excluding hydrogens is 342 g/mol. The predicted octanol–water partition coefficient (Wildman–Crippen LogP) is 2.73. The van der Waals surface area contributed by atoms with Crippen LogP contribution in [-0.2, 0) is 9.53 Å². The molecule has 6 nitrogen and oxygen atoms in total. The minimum absolute atomic E-state index is 0.126. The van der Waals surface area contributed by atoms with Gasteiger partial charge in [0.25, 0.3) is 0 Å². The Labute approximate surface area is 164 Å². The molecule has 0 aromatic rings. The lowest BCUT2D eigenvalue weighted by Crippen LogP contribution is -2.45. The van der Waals surface area contributed by atoms with E-state index in [0.717, 1.165) is 31.3 Å². The van der Waals surface area contributed by atoms with Gasteiger partial charge in [0.15, 0.2) is 0 Å². The molecule has 4 atom stereocenters. The van der Waals surface area contributed by atoms with E-state index in [9.17, 15) is 9.59 Å². The Morgan fingerprint density at radius 1 is 1.07 bits per heavy atom. The number of nitrogens with one attached hydrogen (secondary N) is 1. The Bertz CT molecular complexity index is 525. The number of nitrogens with zero attached hydrogens (tertiary/aromatic N) is 2. The van der Waals surface area contributed by atoms with Crippen molar-refractivity contribution in [2.24, 2.45) is 23.7 Å². The molecule has 1 N–H and O–H groups in total. The molecule has 0 aromatic carbocycles. The van der Waals surface area contributed by atoms with Crippen molar-refractivity contribution in [2.45, 2.75) is 58.9 Å². The zero-order chi connectivity index (χ0) is 19.4. The minimum atomic E-state index is -0.222. The zero-order valence-corrected chi connectivity index (χ0v) is 17.3. The minimum Gasteiger partial charge on any atom is -0.449 e. The van der Waals surface area contributed by atoms with E-state index in [1.165, 1.54) is 25.7 Å². The molecule has 0 radical (unpaired) electrons. The van der Waals surface area contributed by atoms with Gasteiger partial charge in [0.05, 0.1) is 13.2 Å². The summed E-state index contributed by atoms with van der Waals surface area (Å²) >= 11 is 0. The van der Waals surface area contributed by atoms with Crippen LogP contribution in [0.1, 0.15) is 52.9 Å². The molecular formula is C21H37N3O3. The second kappa shape index (κ2) is 9.26. The van der Waals surface area contributed by atoms with Crippen molar-refractivity contribution in [1.29, 1.82) is 0 Å². The van der Waals surface area contributed by atoms with Gasteiger partial charge >= 0.3 is 6.09 Å². The van der Waals surface area contributed by atoms with Gasteiger partial charge in [0.2, 0.25) is 5.91 Å². The molecule has 4 unspecified atom stereocenters. The highest BCUT2D eigenvalue weighted by Gasteiger charge is 2.42. The van der Waals surface area contributed by atoms with Crippen molar-refractivity contribution in [3.8, 4) is 0 Å². The first-order chi connectivity index (χ1) is 12.9. The summed E-state index contributed by atoms with van der Waals surface area (Å²) in [5.74, 6) is 2.88. The Balaban J connectivity index is 1.39. The quantitative estimate of drug-likeness (QED) is 0.771. The molecule has 2 amide bonds. The van der Waals surface area contributed by atoms with Crippen LogP contribution in [0.5, 0.6) is 0 Å². The number of hydrogen-bond donors (Lipinski definition) is 1. The highest BCUT2D eigenvalue weighted by atomic mass is 16.6. The van der Waals surface area contributed by atoms with Crippen molar-refractivity contribution in [3.63, 3.8) is 0 Å². The third kappa shape index (κ3) is 5.59. The molecule has 1 aliphatic heterocycles. The van der Waals surface area contributed by atoms with Crippen molar-refractivity contribution in [2.75, 3.05) is 39.3 Å². The second-order valence-corrected chi connectivity index (χ2v) is 9.28. The first kappa shape index (κ1) is 20.4. The van der Waals surface area contributed by atoms with Crippen LogP contribution in [0.25, 0.3) is 0 Å².